The summed E-state index contributed by atoms with van der Waals surface area (Å²) in [5.74, 6) is 0.953. The Morgan fingerprint density at radius 1 is 1.47 bits per heavy atom. The molecule has 0 bridgehead atoms. The Hall–Kier alpha value is -1.90. The molecule has 0 amide bonds. The van der Waals surface area contributed by atoms with Crippen LogP contribution in [0.15, 0.2) is 12.5 Å². The molecule has 8 nitrogen and oxygen atoms in total. The molecule has 0 saturated carbocycles. The third-order valence-corrected chi connectivity index (χ3v) is 2.88. The molecule has 2 heterocycles. The zero-order valence-corrected chi connectivity index (χ0v) is 10.1. The molecule has 0 spiro atoms. The summed E-state index contributed by atoms with van der Waals surface area (Å²) in [6.07, 6.45) is 2.74. The second kappa shape index (κ2) is 4.17. The number of aryl methyl sites for hydroxylation is 1. The topological polar surface area (TPSA) is 91.7 Å². The molecule has 0 aromatic carbocycles. The molecular weight excluding hydrogens is 244 g/mol. The van der Waals surface area contributed by atoms with Gasteiger partial charge >= 0.3 is 5.82 Å². The lowest BCUT2D eigenvalue weighted by atomic mass is 10.3. The number of nitro groups is 1. The first-order chi connectivity index (χ1) is 8.02. The van der Waals surface area contributed by atoms with E-state index >= 15 is 0 Å². The van der Waals surface area contributed by atoms with E-state index in [1.165, 1.54) is 17.1 Å². The van der Waals surface area contributed by atoms with Gasteiger partial charge in [0.15, 0.2) is 5.82 Å². The van der Waals surface area contributed by atoms with Gasteiger partial charge in [-0.1, -0.05) is 0 Å². The van der Waals surface area contributed by atoms with Crippen LogP contribution >= 0.6 is 12.6 Å². The van der Waals surface area contributed by atoms with Crippen LogP contribution in [0.25, 0.3) is 0 Å². The highest BCUT2D eigenvalue weighted by molar-refractivity contribution is 7.80. The number of hydrogen-bond donors (Lipinski definition) is 1. The molecule has 2 aromatic heterocycles. The fraction of sp³-hybridized carbons (Fsp3) is 0.375. The van der Waals surface area contributed by atoms with Gasteiger partial charge in [-0.25, -0.2) is 9.55 Å². The number of aromatic nitrogens is 5. The Morgan fingerprint density at radius 3 is 2.65 bits per heavy atom. The predicted molar refractivity (Wildman–Crippen MR) is 61.7 cm³/mol. The lowest BCUT2D eigenvalue weighted by molar-refractivity contribution is -0.391. The molecule has 0 saturated heterocycles. The third-order valence-electron chi connectivity index (χ3n) is 2.42. The number of nitrogens with zero attached hydrogens (tertiary/aromatic N) is 6. The maximum atomic E-state index is 10.7. The van der Waals surface area contributed by atoms with Crippen molar-refractivity contribution in [3.05, 3.63) is 34.3 Å². The molecule has 9 heteroatoms. The molecule has 0 fully saturated rings. The highest BCUT2D eigenvalue weighted by atomic mass is 32.1. The third kappa shape index (κ3) is 1.88. The van der Waals surface area contributed by atoms with E-state index in [4.69, 9.17) is 0 Å². The first kappa shape index (κ1) is 11.6. The van der Waals surface area contributed by atoms with Crippen LogP contribution in [0.1, 0.15) is 16.9 Å². The van der Waals surface area contributed by atoms with Crippen molar-refractivity contribution < 1.29 is 4.92 Å². The minimum absolute atomic E-state index is 0.0822. The van der Waals surface area contributed by atoms with Gasteiger partial charge in [-0.15, -0.1) is 10.2 Å². The second-order valence-electron chi connectivity index (χ2n) is 3.49. The maximum Gasteiger partial charge on any atom is 0.342 e. The van der Waals surface area contributed by atoms with Crippen LogP contribution in [0.4, 0.5) is 5.82 Å². The normalized spacial score (nSPS) is 12.6. The monoisotopic (exact) mass is 254 g/mol. The molecule has 17 heavy (non-hydrogen) atoms. The van der Waals surface area contributed by atoms with Crippen molar-refractivity contribution in [1.29, 1.82) is 0 Å². The van der Waals surface area contributed by atoms with E-state index < -0.39 is 10.2 Å². The van der Waals surface area contributed by atoms with Gasteiger partial charge < -0.3 is 14.7 Å². The number of thiol groups is 1. The minimum Gasteiger partial charge on any atom is -0.358 e. The Bertz CT molecular complexity index is 562. The molecule has 1 atom stereocenters. The van der Waals surface area contributed by atoms with E-state index in [0.717, 1.165) is 0 Å². The van der Waals surface area contributed by atoms with E-state index in [1.807, 2.05) is 0 Å². The first-order valence-corrected chi connectivity index (χ1v) is 5.22. The van der Waals surface area contributed by atoms with Gasteiger partial charge in [0.1, 0.15) is 17.8 Å². The Balaban J connectivity index is 2.42. The summed E-state index contributed by atoms with van der Waals surface area (Å²) in [5, 5.41) is 17.9. The lowest BCUT2D eigenvalue weighted by Gasteiger charge is -2.06. The summed E-state index contributed by atoms with van der Waals surface area (Å²) in [5.41, 5.74) is 0. The fourth-order valence-electron chi connectivity index (χ4n) is 1.49. The summed E-state index contributed by atoms with van der Waals surface area (Å²) in [4.78, 5) is 14.2. The summed E-state index contributed by atoms with van der Waals surface area (Å²) in [7, 11) is 3.34. The average Bonchev–Trinajstić information content (AvgIpc) is 2.83. The van der Waals surface area contributed by atoms with Gasteiger partial charge in [0, 0.05) is 7.05 Å². The van der Waals surface area contributed by atoms with Gasteiger partial charge in [-0.3, -0.25) is 0 Å². The molecule has 2 rings (SSSR count). The predicted octanol–water partition coefficient (Wildman–Crippen LogP) is 0.476. The Kier molecular flexibility index (Phi) is 2.84. The van der Waals surface area contributed by atoms with Gasteiger partial charge in [0.25, 0.3) is 0 Å². The minimum atomic E-state index is -0.492. The van der Waals surface area contributed by atoms with E-state index in [0.29, 0.717) is 11.6 Å². The van der Waals surface area contributed by atoms with Crippen LogP contribution in [0, 0.1) is 10.1 Å². The fourth-order valence-corrected chi connectivity index (χ4v) is 1.97. The van der Waals surface area contributed by atoms with Crippen LogP contribution in [0.5, 0.6) is 0 Å². The number of imidazole rings is 1. The van der Waals surface area contributed by atoms with Crippen molar-refractivity contribution in [2.45, 2.75) is 5.25 Å². The molecule has 0 aliphatic heterocycles. The lowest BCUT2D eigenvalue weighted by Crippen LogP contribution is -2.09. The summed E-state index contributed by atoms with van der Waals surface area (Å²) >= 11 is 4.37. The SMILES string of the molecule is Cn1cnnc1C(S)c1ncc([N+](=O)[O-])n1C. The van der Waals surface area contributed by atoms with Crippen molar-refractivity contribution in [3.8, 4) is 0 Å². The van der Waals surface area contributed by atoms with E-state index in [2.05, 4.69) is 27.8 Å². The van der Waals surface area contributed by atoms with E-state index in [9.17, 15) is 10.1 Å². The Labute approximate surface area is 102 Å². The maximum absolute atomic E-state index is 10.7. The van der Waals surface area contributed by atoms with Crippen molar-refractivity contribution >= 4 is 18.4 Å². The van der Waals surface area contributed by atoms with Crippen LogP contribution < -0.4 is 0 Å². The zero-order chi connectivity index (χ0) is 12.6. The van der Waals surface area contributed by atoms with Gasteiger partial charge in [0.2, 0.25) is 5.82 Å². The van der Waals surface area contributed by atoms with Crippen LogP contribution in [-0.2, 0) is 14.1 Å². The van der Waals surface area contributed by atoms with E-state index in [-0.39, 0.29) is 5.82 Å². The van der Waals surface area contributed by atoms with Crippen LogP contribution in [-0.4, -0.2) is 29.2 Å². The van der Waals surface area contributed by atoms with Crippen molar-refractivity contribution in [1.82, 2.24) is 24.3 Å². The van der Waals surface area contributed by atoms with Gasteiger partial charge in [-0.05, 0) is 4.92 Å². The zero-order valence-electron chi connectivity index (χ0n) is 9.18. The molecular formula is C8H10N6O2S. The summed E-state index contributed by atoms with van der Waals surface area (Å²) in [6.45, 7) is 0. The molecule has 0 N–H and O–H groups in total. The molecule has 0 aliphatic carbocycles. The molecule has 90 valence electrons. The smallest absolute Gasteiger partial charge is 0.342 e. The number of rotatable bonds is 3. The van der Waals surface area contributed by atoms with Crippen molar-refractivity contribution in [2.24, 2.45) is 14.1 Å². The van der Waals surface area contributed by atoms with Gasteiger partial charge in [-0.2, -0.15) is 12.6 Å². The second-order valence-corrected chi connectivity index (χ2v) is 4.01. The van der Waals surface area contributed by atoms with Crippen molar-refractivity contribution in [3.63, 3.8) is 0 Å². The Morgan fingerprint density at radius 2 is 2.18 bits per heavy atom. The first-order valence-electron chi connectivity index (χ1n) is 4.70. The highest BCUT2D eigenvalue weighted by Gasteiger charge is 2.26. The van der Waals surface area contributed by atoms with Gasteiger partial charge in [0.05, 0.1) is 7.05 Å². The van der Waals surface area contributed by atoms with E-state index in [1.54, 1.807) is 18.7 Å². The summed E-state index contributed by atoms with van der Waals surface area (Å²) < 4.78 is 3.07. The molecule has 1 unspecified atom stereocenters. The van der Waals surface area contributed by atoms with Crippen LogP contribution in [0.2, 0.25) is 0 Å². The quantitative estimate of drug-likeness (QED) is 0.488. The molecule has 0 radical (unpaired) electrons. The van der Waals surface area contributed by atoms with Crippen molar-refractivity contribution in [2.75, 3.05) is 0 Å². The highest BCUT2D eigenvalue weighted by Crippen LogP contribution is 2.27. The standard InChI is InChI=1S/C8H10N6O2S/c1-12-4-10-11-8(12)6(17)7-9-3-5(13(7)2)14(15)16/h3-4,6,17H,1-2H3. The van der Waals surface area contributed by atoms with Crippen LogP contribution in [0.3, 0.4) is 0 Å². The number of hydrogen-bond acceptors (Lipinski definition) is 6. The molecule has 2 aromatic rings. The largest absolute Gasteiger partial charge is 0.358 e. The average molecular weight is 254 g/mol. The summed E-state index contributed by atoms with van der Waals surface area (Å²) in [6, 6.07) is 0. The molecule has 0 aliphatic rings.